The summed E-state index contributed by atoms with van der Waals surface area (Å²) in [7, 11) is 0. The van der Waals surface area contributed by atoms with E-state index in [0.29, 0.717) is 24.9 Å². The molecular formula is C19H22FN3O. The van der Waals surface area contributed by atoms with E-state index in [2.05, 4.69) is 4.98 Å². The average molecular weight is 327 g/mol. The predicted molar refractivity (Wildman–Crippen MR) is 88.6 cm³/mol. The fraction of sp³-hybridized carbons (Fsp3) is 0.474. The third-order valence-corrected chi connectivity index (χ3v) is 4.81. The van der Waals surface area contributed by atoms with Crippen molar-refractivity contribution in [2.45, 2.75) is 38.8 Å². The van der Waals surface area contributed by atoms with Crippen molar-refractivity contribution in [3.63, 3.8) is 0 Å². The number of hydrogen-bond acceptors (Lipinski definition) is 2. The van der Waals surface area contributed by atoms with E-state index in [1.54, 1.807) is 18.3 Å². The van der Waals surface area contributed by atoms with Gasteiger partial charge in [-0.15, -0.1) is 0 Å². The van der Waals surface area contributed by atoms with Gasteiger partial charge < -0.3 is 9.47 Å². The molecule has 24 heavy (non-hydrogen) atoms. The highest BCUT2D eigenvalue weighted by Crippen LogP contribution is 2.35. The third-order valence-electron chi connectivity index (χ3n) is 4.81. The van der Waals surface area contributed by atoms with Crippen LogP contribution in [0.4, 0.5) is 4.39 Å². The van der Waals surface area contributed by atoms with Crippen molar-refractivity contribution in [1.29, 1.82) is 0 Å². The van der Waals surface area contributed by atoms with Crippen LogP contribution < -0.4 is 0 Å². The summed E-state index contributed by atoms with van der Waals surface area (Å²) in [6, 6.07) is 6.52. The Morgan fingerprint density at radius 1 is 1.21 bits per heavy atom. The van der Waals surface area contributed by atoms with Crippen molar-refractivity contribution in [2.75, 3.05) is 6.54 Å². The molecule has 0 bridgehead atoms. The number of rotatable bonds is 7. The predicted octanol–water partition coefficient (Wildman–Crippen LogP) is 3.22. The Balaban J connectivity index is 1.47. The first-order valence-electron chi connectivity index (χ1n) is 8.72. The monoisotopic (exact) mass is 327 g/mol. The first-order chi connectivity index (χ1) is 11.7. The molecule has 4 rings (SSSR count). The second kappa shape index (κ2) is 6.38. The van der Waals surface area contributed by atoms with Gasteiger partial charge in [0, 0.05) is 31.4 Å². The number of aromatic nitrogens is 2. The number of imidazole rings is 1. The summed E-state index contributed by atoms with van der Waals surface area (Å²) in [4.78, 5) is 19.0. The van der Waals surface area contributed by atoms with Gasteiger partial charge in [-0.25, -0.2) is 9.37 Å². The zero-order chi connectivity index (χ0) is 16.5. The number of nitrogens with zero attached hydrogens (tertiary/aromatic N) is 3. The molecule has 5 heteroatoms. The number of carbonyl (C=O) groups excluding carboxylic acids is 1. The molecule has 0 N–H and O–H groups in total. The number of halogens is 1. The third kappa shape index (κ3) is 3.66. The molecule has 2 saturated carbocycles. The van der Waals surface area contributed by atoms with E-state index in [1.165, 1.54) is 25.0 Å². The Hall–Kier alpha value is -2.17. The molecule has 1 amide bonds. The summed E-state index contributed by atoms with van der Waals surface area (Å²) in [5.41, 5.74) is 1.03. The van der Waals surface area contributed by atoms with E-state index < -0.39 is 0 Å². The SMILES string of the molecule is O=C(C1CC1)N(Cc1nccn1Cc1ccc(F)cc1)CC1CC1. The molecule has 1 aromatic heterocycles. The first kappa shape index (κ1) is 15.4. The molecule has 2 aliphatic carbocycles. The van der Waals surface area contributed by atoms with E-state index >= 15 is 0 Å². The highest BCUT2D eigenvalue weighted by atomic mass is 19.1. The fourth-order valence-corrected chi connectivity index (χ4v) is 3.03. The lowest BCUT2D eigenvalue weighted by molar-refractivity contribution is -0.133. The Morgan fingerprint density at radius 2 is 1.96 bits per heavy atom. The Bertz CT molecular complexity index is 716. The van der Waals surface area contributed by atoms with Crippen LogP contribution in [0.25, 0.3) is 0 Å². The quantitative estimate of drug-likeness (QED) is 0.783. The van der Waals surface area contributed by atoms with Gasteiger partial charge in [0.05, 0.1) is 6.54 Å². The maximum atomic E-state index is 13.1. The van der Waals surface area contributed by atoms with Crippen LogP contribution in [0, 0.1) is 17.7 Å². The van der Waals surface area contributed by atoms with Crippen molar-refractivity contribution in [1.82, 2.24) is 14.5 Å². The van der Waals surface area contributed by atoms with Crippen molar-refractivity contribution < 1.29 is 9.18 Å². The minimum absolute atomic E-state index is 0.227. The van der Waals surface area contributed by atoms with Crippen LogP contribution in [0.15, 0.2) is 36.7 Å². The lowest BCUT2D eigenvalue weighted by Gasteiger charge is -2.23. The normalized spacial score (nSPS) is 17.0. The summed E-state index contributed by atoms with van der Waals surface area (Å²) >= 11 is 0. The molecular weight excluding hydrogens is 305 g/mol. The van der Waals surface area contributed by atoms with Gasteiger partial charge in [-0.2, -0.15) is 0 Å². The van der Waals surface area contributed by atoms with Gasteiger partial charge >= 0.3 is 0 Å². The molecule has 126 valence electrons. The van der Waals surface area contributed by atoms with Crippen LogP contribution in [0.3, 0.4) is 0 Å². The molecule has 2 fully saturated rings. The van der Waals surface area contributed by atoms with Gasteiger partial charge in [0.2, 0.25) is 5.91 Å². The molecule has 0 spiro atoms. The van der Waals surface area contributed by atoms with E-state index in [4.69, 9.17) is 0 Å². The molecule has 0 aliphatic heterocycles. The zero-order valence-electron chi connectivity index (χ0n) is 13.7. The molecule has 0 saturated heterocycles. The van der Waals surface area contributed by atoms with Gasteiger partial charge in [0.1, 0.15) is 11.6 Å². The van der Waals surface area contributed by atoms with Gasteiger partial charge in [-0.1, -0.05) is 12.1 Å². The lowest BCUT2D eigenvalue weighted by atomic mass is 10.2. The van der Waals surface area contributed by atoms with E-state index in [0.717, 1.165) is 30.8 Å². The Morgan fingerprint density at radius 3 is 2.62 bits per heavy atom. The van der Waals surface area contributed by atoms with Crippen molar-refractivity contribution >= 4 is 5.91 Å². The second-order valence-electron chi connectivity index (χ2n) is 7.03. The molecule has 1 heterocycles. The van der Waals surface area contributed by atoms with Crippen LogP contribution in [0.5, 0.6) is 0 Å². The maximum Gasteiger partial charge on any atom is 0.226 e. The first-order valence-corrected chi connectivity index (χ1v) is 8.72. The van der Waals surface area contributed by atoms with Crippen LogP contribution in [0.1, 0.15) is 37.1 Å². The molecule has 0 unspecified atom stereocenters. The highest BCUT2D eigenvalue weighted by Gasteiger charge is 2.36. The number of carbonyl (C=O) groups is 1. The van der Waals surface area contributed by atoms with Crippen LogP contribution >= 0.6 is 0 Å². The van der Waals surface area contributed by atoms with E-state index in [1.807, 2.05) is 15.7 Å². The minimum Gasteiger partial charge on any atom is -0.335 e. The van der Waals surface area contributed by atoms with Crippen molar-refractivity contribution in [2.24, 2.45) is 11.8 Å². The van der Waals surface area contributed by atoms with Gasteiger partial charge in [0.25, 0.3) is 0 Å². The number of hydrogen-bond donors (Lipinski definition) is 0. The van der Waals surface area contributed by atoms with Crippen LogP contribution in [-0.2, 0) is 17.9 Å². The summed E-state index contributed by atoms with van der Waals surface area (Å²) in [6.07, 6.45) is 8.23. The summed E-state index contributed by atoms with van der Waals surface area (Å²) in [5.74, 6) is 1.87. The van der Waals surface area contributed by atoms with E-state index in [9.17, 15) is 9.18 Å². The fourth-order valence-electron chi connectivity index (χ4n) is 3.03. The number of benzene rings is 1. The summed E-state index contributed by atoms with van der Waals surface area (Å²) < 4.78 is 15.1. The topological polar surface area (TPSA) is 38.1 Å². The van der Waals surface area contributed by atoms with Gasteiger partial charge in [-0.3, -0.25) is 4.79 Å². The highest BCUT2D eigenvalue weighted by molar-refractivity contribution is 5.81. The lowest BCUT2D eigenvalue weighted by Crippen LogP contribution is -2.34. The molecule has 0 atom stereocenters. The smallest absolute Gasteiger partial charge is 0.226 e. The van der Waals surface area contributed by atoms with Crippen LogP contribution in [0.2, 0.25) is 0 Å². The zero-order valence-corrected chi connectivity index (χ0v) is 13.7. The van der Waals surface area contributed by atoms with E-state index in [-0.39, 0.29) is 11.7 Å². The standard InChI is InChI=1S/C19H22FN3O/c20-17-7-3-15(4-8-17)11-22-10-9-21-18(22)13-23(12-14-1-2-14)19(24)16-5-6-16/h3-4,7-10,14,16H,1-2,5-6,11-13H2. The van der Waals surface area contributed by atoms with Crippen molar-refractivity contribution in [3.8, 4) is 0 Å². The van der Waals surface area contributed by atoms with Crippen molar-refractivity contribution in [3.05, 3.63) is 53.9 Å². The molecule has 0 radical (unpaired) electrons. The molecule has 2 aromatic rings. The van der Waals surface area contributed by atoms with Gasteiger partial charge in [-0.05, 0) is 49.3 Å². The largest absolute Gasteiger partial charge is 0.335 e. The molecule has 4 nitrogen and oxygen atoms in total. The Labute approximate surface area is 141 Å². The Kier molecular flexibility index (Phi) is 4.08. The summed E-state index contributed by atoms with van der Waals surface area (Å²) in [5, 5.41) is 0. The molecule has 1 aromatic carbocycles. The minimum atomic E-state index is -0.227. The van der Waals surface area contributed by atoms with Gasteiger partial charge in [0.15, 0.2) is 0 Å². The van der Waals surface area contributed by atoms with Crippen LogP contribution in [-0.4, -0.2) is 26.9 Å². The number of amides is 1. The molecule has 2 aliphatic rings. The maximum absolute atomic E-state index is 13.1. The second-order valence-corrected chi connectivity index (χ2v) is 7.03. The average Bonchev–Trinajstić information content (AvgIpc) is 3.49. The summed E-state index contributed by atoms with van der Waals surface area (Å²) in [6.45, 7) is 2.07.